The number of ether oxygens (including phenoxy) is 1. The van der Waals surface area contributed by atoms with Gasteiger partial charge in [-0.1, -0.05) is 13.0 Å². The van der Waals surface area contributed by atoms with Crippen LogP contribution in [-0.2, 0) is 22.8 Å². The average Bonchev–Trinajstić information content (AvgIpc) is 2.42. The summed E-state index contributed by atoms with van der Waals surface area (Å²) in [6.07, 6.45) is 4.46. The minimum Gasteiger partial charge on any atom is -0.451 e. The van der Waals surface area contributed by atoms with E-state index in [0.29, 0.717) is 18.4 Å². The van der Waals surface area contributed by atoms with Crippen molar-refractivity contribution in [3.8, 4) is 0 Å². The Balaban J connectivity index is 3.10. The van der Waals surface area contributed by atoms with Crippen molar-refractivity contribution in [2.45, 2.75) is 44.3 Å². The standard InChI is InChI=1S/C13H24O5Si/c1-11(2)12(14)18-13(9-7-6-8-10-13)19(15-3,16-4)17-5/h1,6-10H2,2-5H3. The number of rotatable bonds is 6. The topological polar surface area (TPSA) is 54.0 Å². The molecule has 0 saturated heterocycles. The van der Waals surface area contributed by atoms with Gasteiger partial charge in [0, 0.05) is 26.9 Å². The lowest BCUT2D eigenvalue weighted by atomic mass is 9.97. The molecule has 6 heteroatoms. The van der Waals surface area contributed by atoms with Crippen molar-refractivity contribution in [2.75, 3.05) is 21.3 Å². The van der Waals surface area contributed by atoms with Crippen LogP contribution in [0, 0.1) is 0 Å². The lowest BCUT2D eigenvalue weighted by Gasteiger charge is -2.44. The first-order chi connectivity index (χ1) is 8.97. The van der Waals surface area contributed by atoms with Gasteiger partial charge in [-0.3, -0.25) is 0 Å². The predicted molar refractivity (Wildman–Crippen MR) is 73.5 cm³/mol. The van der Waals surface area contributed by atoms with Crippen LogP contribution in [0.15, 0.2) is 12.2 Å². The lowest BCUT2D eigenvalue weighted by Crippen LogP contribution is -2.66. The van der Waals surface area contributed by atoms with Gasteiger partial charge in [0.15, 0.2) is 5.22 Å². The van der Waals surface area contributed by atoms with E-state index in [2.05, 4.69) is 6.58 Å². The average molecular weight is 288 g/mol. The molecular weight excluding hydrogens is 264 g/mol. The van der Waals surface area contributed by atoms with E-state index in [4.69, 9.17) is 18.0 Å². The van der Waals surface area contributed by atoms with E-state index in [-0.39, 0.29) is 0 Å². The fourth-order valence-corrected chi connectivity index (χ4v) is 5.47. The monoisotopic (exact) mass is 288 g/mol. The summed E-state index contributed by atoms with van der Waals surface area (Å²) >= 11 is 0. The molecule has 0 bridgehead atoms. The van der Waals surface area contributed by atoms with Crippen molar-refractivity contribution in [1.82, 2.24) is 0 Å². The Kier molecular flexibility index (Phi) is 5.73. The molecule has 1 rings (SSSR count). The van der Waals surface area contributed by atoms with Crippen molar-refractivity contribution in [3.05, 3.63) is 12.2 Å². The molecule has 1 aliphatic carbocycles. The number of carbonyl (C=O) groups excluding carboxylic acids is 1. The van der Waals surface area contributed by atoms with Crippen LogP contribution in [0.1, 0.15) is 39.0 Å². The molecular formula is C13H24O5Si. The highest BCUT2D eigenvalue weighted by Gasteiger charge is 2.63. The Morgan fingerprint density at radius 2 is 1.53 bits per heavy atom. The van der Waals surface area contributed by atoms with Gasteiger partial charge in [0.05, 0.1) is 0 Å². The molecule has 1 saturated carbocycles. The van der Waals surface area contributed by atoms with Crippen LogP contribution in [0.2, 0.25) is 0 Å². The first kappa shape index (κ1) is 16.4. The molecule has 0 radical (unpaired) electrons. The van der Waals surface area contributed by atoms with Gasteiger partial charge in [0.25, 0.3) is 0 Å². The highest BCUT2D eigenvalue weighted by atomic mass is 28.4. The largest absolute Gasteiger partial charge is 0.546 e. The summed E-state index contributed by atoms with van der Waals surface area (Å²) < 4.78 is 22.4. The van der Waals surface area contributed by atoms with Crippen LogP contribution >= 0.6 is 0 Å². The van der Waals surface area contributed by atoms with Gasteiger partial charge < -0.3 is 18.0 Å². The predicted octanol–water partition coefficient (Wildman–Crippen LogP) is 2.23. The fraction of sp³-hybridized carbons (Fsp3) is 0.769. The SMILES string of the molecule is C=C(C)C(=O)OC1([Si](OC)(OC)OC)CCCCC1. The molecule has 0 atom stereocenters. The Morgan fingerprint density at radius 1 is 1.05 bits per heavy atom. The third-order valence-electron chi connectivity index (χ3n) is 3.66. The fourth-order valence-electron chi connectivity index (χ4n) is 2.67. The van der Waals surface area contributed by atoms with Gasteiger partial charge in [-0.05, 0) is 32.6 Å². The Bertz CT molecular complexity index is 324. The second-order valence-electron chi connectivity index (χ2n) is 4.89. The minimum atomic E-state index is -3.06. The van der Waals surface area contributed by atoms with Crippen LogP contribution in [-0.4, -0.2) is 41.3 Å². The summed E-state index contributed by atoms with van der Waals surface area (Å²) in [5, 5.41) is -0.792. The molecule has 0 spiro atoms. The highest BCUT2D eigenvalue weighted by molar-refractivity contribution is 6.64. The van der Waals surface area contributed by atoms with E-state index in [9.17, 15) is 4.79 Å². The summed E-state index contributed by atoms with van der Waals surface area (Å²) in [5.74, 6) is -0.412. The Labute approximate surface area is 116 Å². The molecule has 19 heavy (non-hydrogen) atoms. The van der Waals surface area contributed by atoms with Crippen LogP contribution in [0.5, 0.6) is 0 Å². The van der Waals surface area contributed by atoms with Gasteiger partial charge >= 0.3 is 14.8 Å². The smallest absolute Gasteiger partial charge is 0.451 e. The van der Waals surface area contributed by atoms with Gasteiger partial charge in [-0.15, -0.1) is 0 Å². The molecule has 0 aromatic heterocycles. The van der Waals surface area contributed by atoms with Crippen molar-refractivity contribution in [2.24, 2.45) is 0 Å². The van der Waals surface area contributed by atoms with Gasteiger partial charge in [-0.25, -0.2) is 4.79 Å². The number of hydrogen-bond acceptors (Lipinski definition) is 5. The van der Waals surface area contributed by atoms with Crippen LogP contribution in [0.25, 0.3) is 0 Å². The molecule has 110 valence electrons. The minimum absolute atomic E-state index is 0.371. The van der Waals surface area contributed by atoms with Crippen molar-refractivity contribution < 1.29 is 22.8 Å². The number of hydrogen-bond donors (Lipinski definition) is 0. The first-order valence-electron chi connectivity index (χ1n) is 6.51. The van der Waals surface area contributed by atoms with E-state index in [1.165, 1.54) is 0 Å². The quantitative estimate of drug-likeness (QED) is 0.426. The second-order valence-corrected chi connectivity index (χ2v) is 8.14. The molecule has 0 aromatic rings. The number of carbonyl (C=O) groups is 1. The van der Waals surface area contributed by atoms with E-state index in [1.54, 1.807) is 28.3 Å². The van der Waals surface area contributed by atoms with E-state index < -0.39 is 20.0 Å². The first-order valence-corrected chi connectivity index (χ1v) is 8.23. The van der Waals surface area contributed by atoms with Crippen molar-refractivity contribution >= 4 is 14.8 Å². The summed E-state index contributed by atoms with van der Waals surface area (Å²) in [5.41, 5.74) is 0.371. The third-order valence-corrected chi connectivity index (χ3v) is 6.99. The highest BCUT2D eigenvalue weighted by Crippen LogP contribution is 2.40. The number of esters is 1. The maximum absolute atomic E-state index is 11.9. The zero-order chi connectivity index (χ0) is 14.5. The molecule has 0 aromatic carbocycles. The second kappa shape index (κ2) is 6.65. The van der Waals surface area contributed by atoms with Crippen molar-refractivity contribution in [3.63, 3.8) is 0 Å². The molecule has 1 aliphatic rings. The molecule has 0 unspecified atom stereocenters. The molecule has 0 aliphatic heterocycles. The lowest BCUT2D eigenvalue weighted by molar-refractivity contribution is -0.156. The summed E-state index contributed by atoms with van der Waals surface area (Å²) in [6.45, 7) is 5.26. The van der Waals surface area contributed by atoms with E-state index in [0.717, 1.165) is 19.3 Å². The third kappa shape index (κ3) is 3.08. The molecule has 0 N–H and O–H groups in total. The van der Waals surface area contributed by atoms with Crippen LogP contribution in [0.3, 0.4) is 0 Å². The maximum Gasteiger partial charge on any atom is 0.546 e. The molecule has 0 heterocycles. The zero-order valence-corrected chi connectivity index (χ0v) is 13.3. The Morgan fingerprint density at radius 3 is 1.89 bits per heavy atom. The molecule has 5 nitrogen and oxygen atoms in total. The summed E-state index contributed by atoms with van der Waals surface area (Å²) in [4.78, 5) is 11.9. The van der Waals surface area contributed by atoms with Gasteiger partial charge in [-0.2, -0.15) is 0 Å². The zero-order valence-electron chi connectivity index (χ0n) is 12.3. The normalized spacial score (nSPS) is 18.9. The summed E-state index contributed by atoms with van der Waals surface area (Å²) in [7, 11) is 1.58. The van der Waals surface area contributed by atoms with Gasteiger partial charge in [0.1, 0.15) is 0 Å². The van der Waals surface area contributed by atoms with Crippen molar-refractivity contribution in [1.29, 1.82) is 0 Å². The van der Waals surface area contributed by atoms with E-state index >= 15 is 0 Å². The molecule has 0 amide bonds. The Hall–Kier alpha value is -0.693. The van der Waals surface area contributed by atoms with Crippen LogP contribution < -0.4 is 0 Å². The molecule has 1 fully saturated rings. The maximum atomic E-state index is 11.9. The van der Waals surface area contributed by atoms with Crippen LogP contribution in [0.4, 0.5) is 0 Å². The van der Waals surface area contributed by atoms with Gasteiger partial charge in [0.2, 0.25) is 0 Å². The summed E-state index contributed by atoms with van der Waals surface area (Å²) in [6, 6.07) is 0. The van der Waals surface area contributed by atoms with E-state index in [1.807, 2.05) is 0 Å².